The van der Waals surface area contributed by atoms with Crippen LogP contribution < -0.4 is 10.2 Å². The van der Waals surface area contributed by atoms with Crippen molar-refractivity contribution in [3.63, 3.8) is 0 Å². The molecule has 1 aromatic rings. The van der Waals surface area contributed by atoms with E-state index in [4.69, 9.17) is 79.1 Å². The van der Waals surface area contributed by atoms with Crippen molar-refractivity contribution in [2.75, 3.05) is 0 Å². The molecule has 2 atom stereocenters. The summed E-state index contributed by atoms with van der Waals surface area (Å²) in [7, 11) is 0. The molecular weight excluding hydrogens is 457 g/mol. The summed E-state index contributed by atoms with van der Waals surface area (Å²) < 4.78 is 7.34. The highest BCUT2D eigenvalue weighted by Crippen LogP contribution is 2.51. The lowest BCUT2D eigenvalue weighted by molar-refractivity contribution is -0.136. The second kappa shape index (κ2) is 8.26. The molecule has 1 amide bonds. The first-order valence-electron chi connectivity index (χ1n) is 6.93. The topological polar surface area (TPSA) is 59.9 Å². The van der Waals surface area contributed by atoms with E-state index in [-0.39, 0.29) is 5.91 Å². The van der Waals surface area contributed by atoms with E-state index in [1.807, 2.05) is 0 Å². The summed E-state index contributed by atoms with van der Waals surface area (Å²) in [4.78, 5) is 11.2. The number of carbonyl (C=O) groups excluding carboxylic acids is 1. The van der Waals surface area contributed by atoms with Crippen LogP contribution in [0.1, 0.15) is 30.6 Å². The van der Waals surface area contributed by atoms with Gasteiger partial charge in [-0.1, -0.05) is 76.5 Å². The van der Waals surface area contributed by atoms with Gasteiger partial charge in [0, 0.05) is 12.0 Å². The monoisotopic (exact) mass is 466 g/mol. The highest BCUT2D eigenvalue weighted by Gasteiger charge is 2.48. The van der Waals surface area contributed by atoms with Crippen LogP contribution in [-0.2, 0) is 9.53 Å². The number of carbonyl (C=O) groups is 1. The van der Waals surface area contributed by atoms with Crippen molar-refractivity contribution in [3.8, 4) is 5.75 Å². The van der Waals surface area contributed by atoms with Gasteiger partial charge in [-0.15, -0.1) is 0 Å². The number of fused-ring (bicyclic) bond motifs is 1. The van der Waals surface area contributed by atoms with Gasteiger partial charge in [0.15, 0.2) is 0 Å². The van der Waals surface area contributed by atoms with Gasteiger partial charge in [-0.3, -0.25) is 4.79 Å². The standard InChI is InChI=1S/C14H12Cl6N2O3/c1-2-10(23)22-21-6-7-3-4-9-8(5-7)11(13(15,16)17)25-12(24-9)14(18,19)20/h3-6,11-12H,2H2,1H3,(H,22,23). The molecule has 11 heteroatoms. The number of benzene rings is 1. The number of alkyl halides is 6. The summed E-state index contributed by atoms with van der Waals surface area (Å²) in [6.45, 7) is 1.71. The molecule has 0 aromatic heterocycles. The minimum absolute atomic E-state index is 0.217. The Balaban J connectivity index is 2.33. The van der Waals surface area contributed by atoms with Gasteiger partial charge in [0.05, 0.1) is 6.21 Å². The molecule has 138 valence electrons. The Morgan fingerprint density at radius 1 is 1.24 bits per heavy atom. The van der Waals surface area contributed by atoms with Crippen molar-refractivity contribution in [1.82, 2.24) is 5.43 Å². The fourth-order valence-electron chi connectivity index (χ4n) is 1.95. The lowest BCUT2D eigenvalue weighted by Gasteiger charge is -2.38. The van der Waals surface area contributed by atoms with Crippen molar-refractivity contribution >= 4 is 81.7 Å². The Kier molecular flexibility index (Phi) is 6.99. The van der Waals surface area contributed by atoms with Crippen molar-refractivity contribution in [2.45, 2.75) is 33.3 Å². The molecule has 2 unspecified atom stereocenters. The van der Waals surface area contributed by atoms with E-state index < -0.39 is 20.0 Å². The first-order valence-corrected chi connectivity index (χ1v) is 9.20. The molecule has 1 aliphatic heterocycles. The number of nitrogens with zero attached hydrogens (tertiary/aromatic N) is 1. The van der Waals surface area contributed by atoms with Gasteiger partial charge in [-0.25, -0.2) is 5.43 Å². The van der Waals surface area contributed by atoms with Gasteiger partial charge in [0.2, 0.25) is 16.0 Å². The maximum atomic E-state index is 11.2. The predicted octanol–water partition coefficient (Wildman–Crippen LogP) is 5.06. The van der Waals surface area contributed by atoms with E-state index in [0.717, 1.165) is 0 Å². The van der Waals surface area contributed by atoms with E-state index in [9.17, 15) is 4.79 Å². The third-order valence-electron chi connectivity index (χ3n) is 3.10. The molecule has 0 radical (unpaired) electrons. The van der Waals surface area contributed by atoms with Crippen LogP contribution in [0, 0.1) is 0 Å². The third kappa shape index (κ3) is 5.67. The van der Waals surface area contributed by atoms with E-state index in [1.165, 1.54) is 6.21 Å². The summed E-state index contributed by atoms with van der Waals surface area (Å²) in [6.07, 6.45) is -0.546. The zero-order valence-corrected chi connectivity index (χ0v) is 17.1. The molecule has 0 spiro atoms. The van der Waals surface area contributed by atoms with E-state index in [2.05, 4.69) is 10.5 Å². The number of rotatable bonds is 3. The summed E-state index contributed by atoms with van der Waals surface area (Å²) in [5.41, 5.74) is 3.43. The van der Waals surface area contributed by atoms with Crippen LogP contribution in [0.4, 0.5) is 0 Å². The summed E-state index contributed by atoms with van der Waals surface area (Å²) >= 11 is 35.5. The van der Waals surface area contributed by atoms with E-state index in [0.29, 0.717) is 23.3 Å². The minimum Gasteiger partial charge on any atom is -0.460 e. The number of halogens is 6. The Bertz CT molecular complexity index is 672. The molecule has 0 fully saturated rings. The quantitative estimate of drug-likeness (QED) is 0.383. The molecule has 1 aliphatic rings. The molecule has 1 N–H and O–H groups in total. The molecule has 0 saturated heterocycles. The molecule has 0 bridgehead atoms. The Hall–Kier alpha value is -0.140. The van der Waals surface area contributed by atoms with Gasteiger partial charge < -0.3 is 9.47 Å². The normalized spacial score (nSPS) is 20.9. The van der Waals surface area contributed by atoms with Crippen LogP contribution >= 0.6 is 69.6 Å². The van der Waals surface area contributed by atoms with Crippen LogP contribution in [0.25, 0.3) is 0 Å². The Labute approximate surface area is 174 Å². The molecular formula is C14H12Cl6N2O3. The van der Waals surface area contributed by atoms with Gasteiger partial charge in [0.25, 0.3) is 3.79 Å². The van der Waals surface area contributed by atoms with Crippen LogP contribution in [0.3, 0.4) is 0 Å². The number of nitrogens with one attached hydrogen (secondary N) is 1. The predicted molar refractivity (Wildman–Crippen MR) is 101 cm³/mol. The number of amides is 1. The Morgan fingerprint density at radius 2 is 1.92 bits per heavy atom. The maximum absolute atomic E-state index is 11.2. The molecule has 0 saturated carbocycles. The number of ether oxygens (including phenoxy) is 2. The first-order chi connectivity index (χ1) is 11.5. The molecule has 5 nitrogen and oxygen atoms in total. The molecule has 0 aliphatic carbocycles. The zero-order chi connectivity index (χ0) is 18.8. The summed E-state index contributed by atoms with van der Waals surface area (Å²) in [5, 5.41) is 3.83. The average Bonchev–Trinajstić information content (AvgIpc) is 2.51. The largest absolute Gasteiger partial charge is 0.460 e. The van der Waals surface area contributed by atoms with Crippen LogP contribution in [0.2, 0.25) is 0 Å². The van der Waals surface area contributed by atoms with E-state index in [1.54, 1.807) is 25.1 Å². The molecule has 1 aromatic carbocycles. The fourth-order valence-corrected chi connectivity index (χ4v) is 2.75. The zero-order valence-electron chi connectivity index (χ0n) is 12.6. The number of hydrogen-bond acceptors (Lipinski definition) is 4. The smallest absolute Gasteiger partial charge is 0.252 e. The minimum atomic E-state index is -1.88. The van der Waals surface area contributed by atoms with Crippen LogP contribution in [0.5, 0.6) is 5.75 Å². The third-order valence-corrected chi connectivity index (χ3v) is 4.23. The number of hydrogen-bond donors (Lipinski definition) is 1. The highest BCUT2D eigenvalue weighted by molar-refractivity contribution is 6.68. The van der Waals surface area contributed by atoms with Crippen LogP contribution in [-0.4, -0.2) is 26.0 Å². The highest BCUT2D eigenvalue weighted by atomic mass is 35.6. The van der Waals surface area contributed by atoms with Crippen molar-refractivity contribution < 1.29 is 14.3 Å². The van der Waals surface area contributed by atoms with Gasteiger partial charge in [0.1, 0.15) is 11.9 Å². The van der Waals surface area contributed by atoms with Crippen molar-refractivity contribution in [1.29, 1.82) is 0 Å². The van der Waals surface area contributed by atoms with E-state index >= 15 is 0 Å². The SMILES string of the molecule is CCC(=O)NN=Cc1ccc2c(c1)C(C(Cl)(Cl)Cl)OC(C(Cl)(Cl)Cl)O2. The average molecular weight is 469 g/mol. The maximum Gasteiger partial charge on any atom is 0.252 e. The van der Waals surface area contributed by atoms with Crippen molar-refractivity contribution in [2.24, 2.45) is 5.10 Å². The fraction of sp³-hybridized carbons (Fsp3) is 0.429. The lowest BCUT2D eigenvalue weighted by atomic mass is 10.0. The first kappa shape index (κ1) is 21.2. The van der Waals surface area contributed by atoms with Gasteiger partial charge >= 0.3 is 0 Å². The lowest BCUT2D eigenvalue weighted by Crippen LogP contribution is -2.42. The van der Waals surface area contributed by atoms with Crippen LogP contribution in [0.15, 0.2) is 23.3 Å². The number of hydrazone groups is 1. The van der Waals surface area contributed by atoms with Gasteiger partial charge in [-0.05, 0) is 23.8 Å². The summed E-state index contributed by atoms with van der Waals surface area (Å²) in [6, 6.07) is 4.92. The molecule has 2 rings (SSSR count). The second-order valence-electron chi connectivity index (χ2n) is 4.99. The second-order valence-corrected chi connectivity index (χ2v) is 9.73. The molecule has 25 heavy (non-hydrogen) atoms. The van der Waals surface area contributed by atoms with Gasteiger partial charge in [-0.2, -0.15) is 5.10 Å². The Morgan fingerprint density at radius 3 is 2.48 bits per heavy atom. The molecule has 1 heterocycles. The van der Waals surface area contributed by atoms with Crippen molar-refractivity contribution in [3.05, 3.63) is 29.3 Å². The summed E-state index contributed by atoms with van der Waals surface area (Å²) in [5.74, 6) is 0.124.